The summed E-state index contributed by atoms with van der Waals surface area (Å²) in [7, 11) is 0. The van der Waals surface area contributed by atoms with E-state index < -0.39 is 60.6 Å². The highest BCUT2D eigenvalue weighted by molar-refractivity contribution is 5.78. The average Bonchev–Trinajstić information content (AvgIpc) is 3.11. The van der Waals surface area contributed by atoms with Gasteiger partial charge in [-0.15, -0.1) is 0 Å². The van der Waals surface area contributed by atoms with Crippen LogP contribution in [-0.2, 0) is 37.3 Å². The van der Waals surface area contributed by atoms with Crippen molar-refractivity contribution in [1.82, 2.24) is 10.6 Å². The number of amides is 2. The van der Waals surface area contributed by atoms with Gasteiger partial charge in [0.25, 0.3) is 0 Å². The van der Waals surface area contributed by atoms with Crippen LogP contribution in [0.25, 0.3) is 0 Å². The number of aryl methyl sites for hydroxylation is 1. The van der Waals surface area contributed by atoms with Crippen LogP contribution in [-0.4, -0.2) is 99.5 Å². The third kappa shape index (κ3) is 15.0. The smallest absolute Gasteiger partial charge is 0.224 e. The molecule has 11 nitrogen and oxygen atoms in total. The Labute approximate surface area is 312 Å². The first-order chi connectivity index (χ1) is 25.1. The molecule has 1 heterocycles. The zero-order valence-electron chi connectivity index (χ0n) is 31.5. The highest BCUT2D eigenvalue weighted by atomic mass is 19.2. The second kappa shape index (κ2) is 21.7. The molecule has 2 aromatic rings. The van der Waals surface area contributed by atoms with Crippen LogP contribution in [0.2, 0.25) is 0 Å². The number of benzene rings is 2. The van der Waals surface area contributed by atoms with Crippen molar-refractivity contribution >= 4 is 11.8 Å². The first kappa shape index (κ1) is 44.4. The Balaban J connectivity index is 1.38. The van der Waals surface area contributed by atoms with Gasteiger partial charge in [-0.1, -0.05) is 89.6 Å². The standard InChI is InChI=1S/C40H60F2N2O9/c1-25(45)35(48)31(44-33(46)14-12-10-8-6-5-7-9-11-13-26-17-20-29(41)30(42)21-26)24-52-39-38(51)37(50)36(49)32(53-39)23-43-34(47)22-27-15-18-28(19-16-27)40(2,3)4/h15-21,25,31-32,35-39,45,48-51H,5-14,22-24H2,1-4H3,(H,43,47)(H,44,46)/t25-,31+,32?,35-,36?,37?,38?,39?/m1/s1. The van der Waals surface area contributed by atoms with Crippen LogP contribution in [0.3, 0.4) is 0 Å². The van der Waals surface area contributed by atoms with Crippen LogP contribution in [0.15, 0.2) is 42.5 Å². The molecule has 0 saturated carbocycles. The average molecular weight is 751 g/mol. The summed E-state index contributed by atoms with van der Waals surface area (Å²) in [6.45, 7) is 7.08. The molecule has 13 heteroatoms. The van der Waals surface area contributed by atoms with E-state index in [1.54, 1.807) is 6.07 Å². The van der Waals surface area contributed by atoms with Crippen LogP contribution >= 0.6 is 0 Å². The Kier molecular flexibility index (Phi) is 18.2. The molecular weight excluding hydrogens is 690 g/mol. The molecule has 53 heavy (non-hydrogen) atoms. The number of halogens is 2. The quantitative estimate of drug-likeness (QED) is 0.0938. The number of ether oxygens (including phenoxy) is 2. The summed E-state index contributed by atoms with van der Waals surface area (Å²) in [4.78, 5) is 25.4. The summed E-state index contributed by atoms with van der Waals surface area (Å²) in [6.07, 6.45) is -1.79. The molecule has 2 amide bonds. The van der Waals surface area contributed by atoms with E-state index in [4.69, 9.17) is 9.47 Å². The molecule has 298 valence electrons. The number of rotatable bonds is 21. The molecule has 0 radical (unpaired) electrons. The normalized spacial score (nSPS) is 22.2. The molecule has 3 rings (SSSR count). The Hall–Kier alpha value is -3.04. The monoisotopic (exact) mass is 750 g/mol. The van der Waals surface area contributed by atoms with E-state index in [2.05, 4.69) is 31.4 Å². The maximum absolute atomic E-state index is 13.3. The van der Waals surface area contributed by atoms with Crippen LogP contribution in [0.1, 0.15) is 102 Å². The zero-order valence-corrected chi connectivity index (χ0v) is 31.5. The van der Waals surface area contributed by atoms with E-state index in [1.165, 1.54) is 13.0 Å². The summed E-state index contributed by atoms with van der Waals surface area (Å²) in [6, 6.07) is 10.6. The van der Waals surface area contributed by atoms with Gasteiger partial charge in [-0.3, -0.25) is 9.59 Å². The Morgan fingerprint density at radius 2 is 1.42 bits per heavy atom. The predicted octanol–water partition coefficient (Wildman–Crippen LogP) is 3.73. The summed E-state index contributed by atoms with van der Waals surface area (Å²) in [5, 5.41) is 57.6. The number of carbonyl (C=O) groups is 2. The third-order valence-electron chi connectivity index (χ3n) is 9.65. The number of nitrogens with one attached hydrogen (secondary N) is 2. The minimum absolute atomic E-state index is 0.0247. The number of aliphatic hydroxyl groups excluding tert-OH is 5. The molecule has 1 aliphatic rings. The van der Waals surface area contributed by atoms with Crippen molar-refractivity contribution < 1.29 is 53.4 Å². The highest BCUT2D eigenvalue weighted by Crippen LogP contribution is 2.24. The maximum atomic E-state index is 13.3. The predicted molar refractivity (Wildman–Crippen MR) is 196 cm³/mol. The number of aliphatic hydroxyl groups is 5. The fraction of sp³-hybridized carbons (Fsp3) is 0.650. The molecule has 5 unspecified atom stereocenters. The molecule has 0 bridgehead atoms. The van der Waals surface area contributed by atoms with Gasteiger partial charge in [0.1, 0.15) is 30.5 Å². The zero-order chi connectivity index (χ0) is 39.1. The Bertz CT molecular complexity index is 1410. The molecule has 0 aliphatic carbocycles. The molecule has 2 aromatic carbocycles. The molecule has 0 spiro atoms. The van der Waals surface area contributed by atoms with Gasteiger partial charge in [0.2, 0.25) is 11.8 Å². The fourth-order valence-electron chi connectivity index (χ4n) is 6.22. The van der Waals surface area contributed by atoms with Gasteiger partial charge < -0.3 is 45.6 Å². The SMILES string of the molecule is C[C@@H](O)[C@@H](O)[C@H](COC1OC(CNC(=O)Cc2ccc(C(C)(C)C)cc2)C(O)C(O)C1O)NC(=O)CCCCCCCCCCc1ccc(F)c(F)c1. The van der Waals surface area contributed by atoms with Crippen molar-refractivity contribution in [3.05, 3.63) is 70.8 Å². The molecular formula is C40H60F2N2O9. The Morgan fingerprint density at radius 1 is 0.811 bits per heavy atom. The number of carbonyl (C=O) groups excluding carboxylic acids is 2. The third-order valence-corrected chi connectivity index (χ3v) is 9.65. The molecule has 7 N–H and O–H groups in total. The van der Waals surface area contributed by atoms with Gasteiger partial charge in [-0.25, -0.2) is 8.78 Å². The Morgan fingerprint density at radius 3 is 2.02 bits per heavy atom. The maximum Gasteiger partial charge on any atom is 0.224 e. The van der Waals surface area contributed by atoms with Gasteiger partial charge >= 0.3 is 0 Å². The molecule has 1 fully saturated rings. The van der Waals surface area contributed by atoms with Gasteiger partial charge in [-0.2, -0.15) is 0 Å². The van der Waals surface area contributed by atoms with Crippen molar-refractivity contribution in [1.29, 1.82) is 0 Å². The molecule has 0 aromatic heterocycles. The molecule has 1 saturated heterocycles. The number of unbranched alkanes of at least 4 members (excludes halogenated alkanes) is 7. The first-order valence-electron chi connectivity index (χ1n) is 18.8. The van der Waals surface area contributed by atoms with E-state index in [0.29, 0.717) is 12.8 Å². The minimum Gasteiger partial charge on any atom is -0.391 e. The van der Waals surface area contributed by atoms with Crippen LogP contribution in [0, 0.1) is 11.6 Å². The number of hydrogen-bond acceptors (Lipinski definition) is 9. The van der Waals surface area contributed by atoms with Crippen LogP contribution < -0.4 is 10.6 Å². The van der Waals surface area contributed by atoms with Gasteiger partial charge in [0, 0.05) is 13.0 Å². The van der Waals surface area contributed by atoms with Crippen LogP contribution in [0.5, 0.6) is 0 Å². The van der Waals surface area contributed by atoms with Crippen molar-refractivity contribution in [3.63, 3.8) is 0 Å². The highest BCUT2D eigenvalue weighted by Gasteiger charge is 2.45. The van der Waals surface area contributed by atoms with Gasteiger partial charge in [0.15, 0.2) is 17.9 Å². The van der Waals surface area contributed by atoms with Gasteiger partial charge in [-0.05, 0) is 60.4 Å². The topological polar surface area (TPSA) is 178 Å². The minimum atomic E-state index is -1.67. The lowest BCUT2D eigenvalue weighted by Gasteiger charge is -2.41. The van der Waals surface area contributed by atoms with Crippen molar-refractivity contribution in [2.24, 2.45) is 0 Å². The van der Waals surface area contributed by atoms with E-state index >= 15 is 0 Å². The lowest BCUT2D eigenvalue weighted by Crippen LogP contribution is -2.61. The van der Waals surface area contributed by atoms with E-state index in [1.807, 2.05) is 24.3 Å². The largest absolute Gasteiger partial charge is 0.391 e. The van der Waals surface area contributed by atoms with Crippen molar-refractivity contribution in [2.45, 2.75) is 153 Å². The number of hydrogen-bond donors (Lipinski definition) is 7. The molecule has 1 aliphatic heterocycles. The fourth-order valence-corrected chi connectivity index (χ4v) is 6.22. The summed E-state index contributed by atoms with van der Waals surface area (Å²) in [5.74, 6) is -2.35. The van der Waals surface area contributed by atoms with E-state index in [-0.39, 0.29) is 43.2 Å². The van der Waals surface area contributed by atoms with Crippen molar-refractivity contribution in [3.8, 4) is 0 Å². The van der Waals surface area contributed by atoms with Gasteiger partial charge in [0.05, 0.1) is 25.2 Å². The van der Waals surface area contributed by atoms with E-state index in [9.17, 15) is 43.9 Å². The summed E-state index contributed by atoms with van der Waals surface area (Å²) < 4.78 is 37.8. The first-order valence-corrected chi connectivity index (χ1v) is 18.8. The summed E-state index contributed by atoms with van der Waals surface area (Å²) >= 11 is 0. The summed E-state index contributed by atoms with van der Waals surface area (Å²) in [5.41, 5.74) is 2.69. The van der Waals surface area contributed by atoms with E-state index in [0.717, 1.165) is 67.7 Å². The second-order valence-electron chi connectivity index (χ2n) is 15.3. The molecule has 8 atom stereocenters. The lowest BCUT2D eigenvalue weighted by molar-refractivity contribution is -0.297. The van der Waals surface area contributed by atoms with Crippen LogP contribution in [0.4, 0.5) is 8.78 Å². The van der Waals surface area contributed by atoms with Crippen molar-refractivity contribution in [2.75, 3.05) is 13.2 Å². The second-order valence-corrected chi connectivity index (χ2v) is 15.3. The lowest BCUT2D eigenvalue weighted by atomic mass is 9.86.